The van der Waals surface area contributed by atoms with Gasteiger partial charge < -0.3 is 9.88 Å². The first-order chi connectivity index (χ1) is 9.36. The van der Waals surface area contributed by atoms with Gasteiger partial charge in [0.2, 0.25) is 0 Å². The molecule has 0 amide bonds. The van der Waals surface area contributed by atoms with Crippen LogP contribution in [-0.4, -0.2) is 11.1 Å². The molecular weight excluding hydrogens is 252 g/mol. The zero-order chi connectivity index (χ0) is 13.1. The van der Waals surface area contributed by atoms with E-state index < -0.39 is 0 Å². The number of fused-ring (bicyclic) bond motifs is 1. The molecule has 1 N–H and O–H groups in total. The van der Waals surface area contributed by atoms with Gasteiger partial charge in [-0.25, -0.2) is 0 Å². The van der Waals surface area contributed by atoms with Gasteiger partial charge in [0.15, 0.2) is 0 Å². The quantitative estimate of drug-likeness (QED) is 0.835. The Balaban J connectivity index is 1.83. The van der Waals surface area contributed by atoms with Crippen molar-refractivity contribution in [1.29, 1.82) is 0 Å². The molecule has 0 aliphatic heterocycles. The molecule has 0 saturated heterocycles. The number of nitrogens with zero attached hydrogens (tertiary/aromatic N) is 1. The van der Waals surface area contributed by atoms with Gasteiger partial charge in [-0.05, 0) is 48.4 Å². The van der Waals surface area contributed by atoms with E-state index in [2.05, 4.69) is 46.7 Å². The van der Waals surface area contributed by atoms with E-state index in [4.69, 9.17) is 0 Å². The first kappa shape index (κ1) is 12.9. The summed E-state index contributed by atoms with van der Waals surface area (Å²) in [6.45, 7) is 4.27. The standard InChI is InChI=1S/C16H22N2S/c1-2-17-16-8-4-3-6-13-10-18(12-15(13)16)11-14-7-5-9-19-14/h5,7,9-10,12,16-17H,2-4,6,8,11H2,1H3. The average molecular weight is 274 g/mol. The molecule has 2 aromatic heterocycles. The predicted molar refractivity (Wildman–Crippen MR) is 81.8 cm³/mol. The second-order valence-electron chi connectivity index (χ2n) is 5.35. The van der Waals surface area contributed by atoms with Crippen molar-refractivity contribution in [2.45, 2.75) is 45.2 Å². The summed E-state index contributed by atoms with van der Waals surface area (Å²) in [4.78, 5) is 1.44. The molecule has 2 aromatic rings. The van der Waals surface area contributed by atoms with E-state index in [0.29, 0.717) is 6.04 Å². The Kier molecular flexibility index (Phi) is 4.04. The van der Waals surface area contributed by atoms with Crippen LogP contribution in [0.15, 0.2) is 29.9 Å². The van der Waals surface area contributed by atoms with E-state index >= 15 is 0 Å². The molecule has 0 saturated carbocycles. The van der Waals surface area contributed by atoms with E-state index in [1.165, 1.54) is 36.1 Å². The Bertz CT molecular complexity index is 513. The molecule has 1 aliphatic rings. The van der Waals surface area contributed by atoms with E-state index in [0.717, 1.165) is 13.1 Å². The van der Waals surface area contributed by atoms with Gasteiger partial charge in [0, 0.05) is 23.3 Å². The average Bonchev–Trinajstić information content (AvgIpc) is 3.00. The van der Waals surface area contributed by atoms with Gasteiger partial charge in [-0.1, -0.05) is 19.4 Å². The molecule has 2 heterocycles. The lowest BCUT2D eigenvalue weighted by Gasteiger charge is -2.15. The van der Waals surface area contributed by atoms with E-state index in [1.807, 2.05) is 11.3 Å². The molecule has 0 radical (unpaired) electrons. The Hall–Kier alpha value is -1.06. The number of aryl methyl sites for hydroxylation is 1. The minimum atomic E-state index is 0.562. The van der Waals surface area contributed by atoms with Crippen molar-refractivity contribution in [3.8, 4) is 0 Å². The van der Waals surface area contributed by atoms with Crippen molar-refractivity contribution in [3.63, 3.8) is 0 Å². The Morgan fingerprint density at radius 2 is 2.32 bits per heavy atom. The van der Waals surface area contributed by atoms with E-state index in [9.17, 15) is 0 Å². The summed E-state index contributed by atoms with van der Waals surface area (Å²) in [5.74, 6) is 0. The highest BCUT2D eigenvalue weighted by atomic mass is 32.1. The van der Waals surface area contributed by atoms with Crippen molar-refractivity contribution in [2.75, 3.05) is 6.54 Å². The molecule has 0 fully saturated rings. The fourth-order valence-electron chi connectivity index (χ4n) is 3.05. The molecule has 3 rings (SSSR count). The van der Waals surface area contributed by atoms with Crippen molar-refractivity contribution < 1.29 is 0 Å². The monoisotopic (exact) mass is 274 g/mol. The molecule has 19 heavy (non-hydrogen) atoms. The maximum absolute atomic E-state index is 3.64. The topological polar surface area (TPSA) is 17.0 Å². The van der Waals surface area contributed by atoms with Crippen molar-refractivity contribution in [3.05, 3.63) is 45.9 Å². The van der Waals surface area contributed by atoms with Gasteiger partial charge in [0.25, 0.3) is 0 Å². The lowest BCUT2D eigenvalue weighted by Crippen LogP contribution is -2.20. The Morgan fingerprint density at radius 3 is 3.11 bits per heavy atom. The highest BCUT2D eigenvalue weighted by Gasteiger charge is 2.19. The molecule has 0 bridgehead atoms. The molecule has 1 atom stereocenters. The lowest BCUT2D eigenvalue weighted by atomic mass is 10.0. The molecular formula is C16H22N2S. The fourth-order valence-corrected chi connectivity index (χ4v) is 3.76. The summed E-state index contributed by atoms with van der Waals surface area (Å²) in [5.41, 5.74) is 3.09. The third kappa shape index (κ3) is 2.93. The molecule has 0 spiro atoms. The zero-order valence-electron chi connectivity index (χ0n) is 11.6. The predicted octanol–water partition coefficient (Wildman–Crippen LogP) is 3.97. The van der Waals surface area contributed by atoms with Gasteiger partial charge in [-0.2, -0.15) is 0 Å². The summed E-state index contributed by atoms with van der Waals surface area (Å²) in [6.07, 6.45) is 9.94. The third-order valence-corrected chi connectivity index (χ3v) is 4.79. The smallest absolute Gasteiger partial charge is 0.0563 e. The normalized spacial score (nSPS) is 19.1. The van der Waals surface area contributed by atoms with Crippen LogP contribution in [0.4, 0.5) is 0 Å². The number of hydrogen-bond donors (Lipinski definition) is 1. The van der Waals surface area contributed by atoms with Crippen molar-refractivity contribution in [2.24, 2.45) is 0 Å². The second-order valence-corrected chi connectivity index (χ2v) is 6.38. The lowest BCUT2D eigenvalue weighted by molar-refractivity contribution is 0.502. The Labute approximate surface area is 119 Å². The minimum absolute atomic E-state index is 0.562. The third-order valence-electron chi connectivity index (χ3n) is 3.93. The minimum Gasteiger partial charge on any atom is -0.348 e. The zero-order valence-corrected chi connectivity index (χ0v) is 12.4. The number of aromatic nitrogens is 1. The molecule has 1 aliphatic carbocycles. The fraction of sp³-hybridized carbons (Fsp3) is 0.500. The van der Waals surface area contributed by atoms with Crippen molar-refractivity contribution in [1.82, 2.24) is 9.88 Å². The van der Waals surface area contributed by atoms with Crippen LogP contribution in [0.1, 0.15) is 48.2 Å². The van der Waals surface area contributed by atoms with Crippen LogP contribution >= 0.6 is 11.3 Å². The maximum atomic E-state index is 3.64. The molecule has 2 nitrogen and oxygen atoms in total. The SMILES string of the molecule is CCNC1CCCCc2cn(Cc3cccs3)cc21. The molecule has 0 aromatic carbocycles. The first-order valence-electron chi connectivity index (χ1n) is 7.31. The molecule has 3 heteroatoms. The molecule has 102 valence electrons. The maximum Gasteiger partial charge on any atom is 0.0563 e. The van der Waals surface area contributed by atoms with Crippen LogP contribution in [0.3, 0.4) is 0 Å². The highest BCUT2D eigenvalue weighted by molar-refractivity contribution is 7.09. The summed E-state index contributed by atoms with van der Waals surface area (Å²) in [7, 11) is 0. The summed E-state index contributed by atoms with van der Waals surface area (Å²) in [6, 6.07) is 4.92. The van der Waals surface area contributed by atoms with Gasteiger partial charge >= 0.3 is 0 Å². The van der Waals surface area contributed by atoms with Gasteiger partial charge in [0.05, 0.1) is 6.54 Å². The van der Waals surface area contributed by atoms with Crippen LogP contribution in [0.2, 0.25) is 0 Å². The van der Waals surface area contributed by atoms with Gasteiger partial charge in [-0.3, -0.25) is 0 Å². The van der Waals surface area contributed by atoms with E-state index in [-0.39, 0.29) is 0 Å². The number of nitrogens with one attached hydrogen (secondary N) is 1. The van der Waals surface area contributed by atoms with Crippen LogP contribution in [0.5, 0.6) is 0 Å². The van der Waals surface area contributed by atoms with Crippen LogP contribution < -0.4 is 5.32 Å². The van der Waals surface area contributed by atoms with E-state index in [1.54, 1.807) is 5.56 Å². The van der Waals surface area contributed by atoms with Crippen LogP contribution in [-0.2, 0) is 13.0 Å². The number of hydrogen-bond acceptors (Lipinski definition) is 2. The molecule has 1 unspecified atom stereocenters. The second kappa shape index (κ2) is 5.93. The van der Waals surface area contributed by atoms with Gasteiger partial charge in [-0.15, -0.1) is 11.3 Å². The Morgan fingerprint density at radius 1 is 1.37 bits per heavy atom. The summed E-state index contributed by atoms with van der Waals surface area (Å²) < 4.78 is 2.37. The summed E-state index contributed by atoms with van der Waals surface area (Å²) >= 11 is 1.84. The largest absolute Gasteiger partial charge is 0.348 e. The van der Waals surface area contributed by atoms with Crippen LogP contribution in [0, 0.1) is 0 Å². The summed E-state index contributed by atoms with van der Waals surface area (Å²) in [5, 5.41) is 5.80. The highest BCUT2D eigenvalue weighted by Crippen LogP contribution is 2.29. The van der Waals surface area contributed by atoms with Gasteiger partial charge in [0.1, 0.15) is 0 Å². The van der Waals surface area contributed by atoms with Crippen molar-refractivity contribution >= 4 is 11.3 Å². The first-order valence-corrected chi connectivity index (χ1v) is 8.19. The number of thiophene rings is 1. The van der Waals surface area contributed by atoms with Crippen LogP contribution in [0.25, 0.3) is 0 Å². The number of rotatable bonds is 4.